The zero-order valence-electron chi connectivity index (χ0n) is 20.8. The molecule has 0 radical (unpaired) electrons. The van der Waals surface area contributed by atoms with Crippen LogP contribution in [0.3, 0.4) is 0 Å². The molecule has 0 aromatic carbocycles. The van der Waals surface area contributed by atoms with Gasteiger partial charge in [0.25, 0.3) is 0 Å². The van der Waals surface area contributed by atoms with Crippen LogP contribution in [0.15, 0.2) is 24.4 Å². The number of likely N-dealkylation sites (N-methyl/N-ethyl adjacent to an activating group) is 1. The third-order valence-corrected chi connectivity index (χ3v) is 6.31. The van der Waals surface area contributed by atoms with E-state index in [1.165, 1.54) is 24.2 Å². The summed E-state index contributed by atoms with van der Waals surface area (Å²) in [6.45, 7) is 3.10. The molecule has 3 amide bonds. The zero-order valence-corrected chi connectivity index (χ0v) is 20.8. The fourth-order valence-electron chi connectivity index (χ4n) is 4.07. The number of ether oxygens (including phenoxy) is 2. The molecule has 4 rings (SSSR count). The number of nitriles is 1. The Bertz CT molecular complexity index is 1210. The molecule has 4 heterocycles. The van der Waals surface area contributed by atoms with Crippen LogP contribution in [0.5, 0.6) is 5.75 Å². The first-order valence-electron chi connectivity index (χ1n) is 12.0. The molecule has 0 aliphatic carbocycles. The number of nitrogens with one attached hydrogen (secondary N) is 1. The number of rotatable bonds is 7. The first-order chi connectivity index (χ1) is 17.9. The molecule has 2 aromatic heterocycles. The summed E-state index contributed by atoms with van der Waals surface area (Å²) in [5.41, 5.74) is 1.03. The fraction of sp³-hybridized carbons (Fsp3) is 0.440. The Morgan fingerprint density at radius 3 is 2.84 bits per heavy atom. The van der Waals surface area contributed by atoms with Gasteiger partial charge in [0, 0.05) is 51.2 Å². The monoisotopic (exact) mass is 507 g/mol. The van der Waals surface area contributed by atoms with Gasteiger partial charge >= 0.3 is 6.03 Å². The molecule has 2 aromatic rings. The van der Waals surface area contributed by atoms with Gasteiger partial charge in [-0.1, -0.05) is 6.07 Å². The Hall–Kier alpha value is -4.08. The lowest BCUT2D eigenvalue weighted by Gasteiger charge is -2.32. The predicted molar refractivity (Wildman–Crippen MR) is 133 cm³/mol. The Morgan fingerprint density at radius 1 is 1.35 bits per heavy atom. The second kappa shape index (κ2) is 11.8. The number of urea groups is 1. The number of carbonyl (C=O) groups is 3. The molecule has 12 heteroatoms. The van der Waals surface area contributed by atoms with E-state index in [9.17, 15) is 19.6 Å². The Kier molecular flexibility index (Phi) is 8.27. The molecule has 2 aliphatic rings. The van der Waals surface area contributed by atoms with E-state index >= 15 is 0 Å². The van der Waals surface area contributed by atoms with E-state index in [0.29, 0.717) is 56.7 Å². The lowest BCUT2D eigenvalue weighted by Crippen LogP contribution is -2.48. The largest absolute Gasteiger partial charge is 0.489 e. The Balaban J connectivity index is 1.44. The van der Waals surface area contributed by atoms with Crippen molar-refractivity contribution in [2.24, 2.45) is 0 Å². The number of amides is 3. The van der Waals surface area contributed by atoms with Crippen molar-refractivity contribution >= 4 is 29.9 Å². The van der Waals surface area contributed by atoms with Crippen molar-refractivity contribution in [3.05, 3.63) is 41.2 Å². The minimum atomic E-state index is -0.541. The van der Waals surface area contributed by atoms with Crippen LogP contribution in [0.2, 0.25) is 0 Å². The van der Waals surface area contributed by atoms with Crippen molar-refractivity contribution in [2.75, 3.05) is 57.2 Å². The van der Waals surface area contributed by atoms with E-state index in [2.05, 4.69) is 21.4 Å². The Labute approximate surface area is 214 Å². The van der Waals surface area contributed by atoms with Gasteiger partial charge < -0.3 is 14.4 Å². The minimum Gasteiger partial charge on any atom is -0.489 e. The van der Waals surface area contributed by atoms with Crippen LogP contribution in [-0.4, -0.2) is 91.0 Å². The van der Waals surface area contributed by atoms with Crippen LogP contribution in [0.1, 0.15) is 34.5 Å². The third-order valence-electron chi connectivity index (χ3n) is 6.31. The normalized spacial score (nSPS) is 16.7. The quantitative estimate of drug-likeness (QED) is 0.554. The van der Waals surface area contributed by atoms with Gasteiger partial charge in [0.15, 0.2) is 6.29 Å². The molecular formula is C25H29N7O5. The van der Waals surface area contributed by atoms with Crippen molar-refractivity contribution in [3.8, 4) is 11.8 Å². The molecule has 2 fully saturated rings. The number of anilines is 2. The molecule has 2 saturated heterocycles. The van der Waals surface area contributed by atoms with Crippen molar-refractivity contribution in [1.29, 1.82) is 5.26 Å². The van der Waals surface area contributed by atoms with E-state index in [-0.39, 0.29) is 41.4 Å². The van der Waals surface area contributed by atoms with Gasteiger partial charge in [-0.2, -0.15) is 5.26 Å². The number of aldehydes is 1. The highest BCUT2D eigenvalue weighted by Gasteiger charge is 2.24. The molecule has 1 N–H and O–H groups in total. The summed E-state index contributed by atoms with van der Waals surface area (Å²) in [5, 5.41) is 12.1. The average Bonchev–Trinajstić information content (AvgIpc) is 2.90. The minimum absolute atomic E-state index is 0.0127. The van der Waals surface area contributed by atoms with Crippen molar-refractivity contribution in [3.63, 3.8) is 0 Å². The molecule has 37 heavy (non-hydrogen) atoms. The van der Waals surface area contributed by atoms with Gasteiger partial charge in [-0.25, -0.2) is 14.8 Å². The first kappa shape index (κ1) is 26.0. The first-order valence-corrected chi connectivity index (χ1v) is 12.0. The van der Waals surface area contributed by atoms with Crippen molar-refractivity contribution in [2.45, 2.75) is 25.5 Å². The lowest BCUT2D eigenvalue weighted by atomic mass is 10.1. The molecular weight excluding hydrogens is 478 g/mol. The molecule has 12 nitrogen and oxygen atoms in total. The summed E-state index contributed by atoms with van der Waals surface area (Å²) in [6, 6.07) is 6.34. The van der Waals surface area contributed by atoms with Crippen LogP contribution >= 0.6 is 0 Å². The maximum absolute atomic E-state index is 12.9. The summed E-state index contributed by atoms with van der Waals surface area (Å²) in [7, 11) is 3.40. The maximum Gasteiger partial charge on any atom is 0.328 e. The van der Waals surface area contributed by atoms with Crippen LogP contribution in [0.4, 0.5) is 16.4 Å². The Morgan fingerprint density at radius 2 is 2.14 bits per heavy atom. The van der Waals surface area contributed by atoms with Gasteiger partial charge in [-0.3, -0.25) is 24.7 Å². The standard InChI is InChI=1S/C25H29N7O5/c1-30-7-8-32(24(34)15-30)14-17-3-4-23(28-20(17)16-33)31(2)25(35)29-22-11-21(18(12-26)13-27-22)37-19-5-9-36-10-6-19/h3-4,11,13,16,19H,5-10,14-15H2,1-2H3,(H,27,29,35). The topological polar surface area (TPSA) is 141 Å². The van der Waals surface area contributed by atoms with Crippen molar-refractivity contribution < 1.29 is 23.9 Å². The van der Waals surface area contributed by atoms with Gasteiger partial charge in [-0.15, -0.1) is 0 Å². The summed E-state index contributed by atoms with van der Waals surface area (Å²) in [6.07, 6.45) is 3.30. The maximum atomic E-state index is 12.9. The molecule has 0 saturated carbocycles. The van der Waals surface area contributed by atoms with Gasteiger partial charge in [-0.05, 0) is 13.1 Å². The second-order valence-corrected chi connectivity index (χ2v) is 8.98. The molecule has 194 valence electrons. The lowest BCUT2D eigenvalue weighted by molar-refractivity contribution is -0.136. The number of hydrogen-bond acceptors (Lipinski definition) is 9. The fourth-order valence-corrected chi connectivity index (χ4v) is 4.07. The van der Waals surface area contributed by atoms with Crippen LogP contribution < -0.4 is 15.0 Å². The summed E-state index contributed by atoms with van der Waals surface area (Å²) < 4.78 is 11.3. The van der Waals surface area contributed by atoms with E-state index in [0.717, 1.165) is 6.54 Å². The number of hydrogen-bond donors (Lipinski definition) is 1. The van der Waals surface area contributed by atoms with Gasteiger partial charge in [0.05, 0.1) is 26.0 Å². The highest BCUT2D eigenvalue weighted by Crippen LogP contribution is 2.25. The van der Waals surface area contributed by atoms with E-state index in [4.69, 9.17) is 9.47 Å². The molecule has 0 bridgehead atoms. The summed E-state index contributed by atoms with van der Waals surface area (Å²) in [5.74, 6) is 0.784. The highest BCUT2D eigenvalue weighted by molar-refractivity contribution is 6.00. The van der Waals surface area contributed by atoms with Crippen LogP contribution in [0, 0.1) is 11.3 Å². The zero-order chi connectivity index (χ0) is 26.4. The van der Waals surface area contributed by atoms with Crippen LogP contribution in [0.25, 0.3) is 0 Å². The summed E-state index contributed by atoms with van der Waals surface area (Å²) in [4.78, 5) is 50.3. The smallest absolute Gasteiger partial charge is 0.328 e. The van der Waals surface area contributed by atoms with E-state index in [1.807, 2.05) is 11.9 Å². The van der Waals surface area contributed by atoms with E-state index < -0.39 is 6.03 Å². The highest BCUT2D eigenvalue weighted by atomic mass is 16.5. The number of carbonyl (C=O) groups excluding carboxylic acids is 3. The van der Waals surface area contributed by atoms with Crippen molar-refractivity contribution in [1.82, 2.24) is 19.8 Å². The molecule has 0 spiro atoms. The average molecular weight is 508 g/mol. The van der Waals surface area contributed by atoms with E-state index in [1.54, 1.807) is 17.0 Å². The van der Waals surface area contributed by atoms with Gasteiger partial charge in [0.1, 0.15) is 40.8 Å². The van der Waals surface area contributed by atoms with Gasteiger partial charge in [0.2, 0.25) is 5.91 Å². The SMILES string of the molecule is CN1CCN(Cc2ccc(N(C)C(=O)Nc3cc(OC4CCOCC4)c(C#N)cn3)nc2C=O)C(=O)C1. The summed E-state index contributed by atoms with van der Waals surface area (Å²) >= 11 is 0. The number of nitrogens with zero attached hydrogens (tertiary/aromatic N) is 6. The predicted octanol–water partition coefficient (Wildman–Crippen LogP) is 1.66. The molecule has 2 aliphatic heterocycles. The molecule has 0 unspecified atom stereocenters. The second-order valence-electron chi connectivity index (χ2n) is 8.98. The number of aromatic nitrogens is 2. The molecule has 0 atom stereocenters. The third kappa shape index (κ3) is 6.38. The van der Waals surface area contributed by atoms with Crippen LogP contribution in [-0.2, 0) is 16.1 Å². The number of pyridine rings is 2. The number of piperazine rings is 1.